The molecule has 2 aromatic heterocycles. The molecule has 0 atom stereocenters. The third-order valence-electron chi connectivity index (χ3n) is 4.39. The Kier molecular flexibility index (Phi) is 7.38. The van der Waals surface area contributed by atoms with Gasteiger partial charge in [0.15, 0.2) is 5.96 Å². The molecular formula is C21H23Cl2N5O. The Bertz CT molecular complexity index is 972. The van der Waals surface area contributed by atoms with Gasteiger partial charge in [0.25, 0.3) is 0 Å². The van der Waals surface area contributed by atoms with Crippen LogP contribution < -0.4 is 15.4 Å². The highest BCUT2D eigenvalue weighted by atomic mass is 35.5. The molecule has 29 heavy (non-hydrogen) atoms. The zero-order chi connectivity index (χ0) is 20.6. The fourth-order valence-corrected chi connectivity index (χ4v) is 3.16. The lowest BCUT2D eigenvalue weighted by Crippen LogP contribution is -2.36. The molecule has 152 valence electrons. The van der Waals surface area contributed by atoms with Gasteiger partial charge in [0.1, 0.15) is 11.8 Å². The molecule has 2 heterocycles. The molecular weight excluding hydrogens is 409 g/mol. The number of hydrogen-bond donors (Lipinski definition) is 2. The Morgan fingerprint density at radius 1 is 1.10 bits per heavy atom. The molecule has 0 saturated heterocycles. The van der Waals surface area contributed by atoms with Gasteiger partial charge in [-0.2, -0.15) is 0 Å². The second kappa shape index (κ2) is 10.2. The summed E-state index contributed by atoms with van der Waals surface area (Å²) in [6, 6.07) is 15.7. The molecule has 0 fully saturated rings. The van der Waals surface area contributed by atoms with Crippen LogP contribution in [0.5, 0.6) is 5.88 Å². The van der Waals surface area contributed by atoms with Gasteiger partial charge < -0.3 is 19.9 Å². The number of aliphatic imine (C=N–C) groups is 1. The Labute approximate surface area is 180 Å². The maximum Gasteiger partial charge on any atom is 0.218 e. The summed E-state index contributed by atoms with van der Waals surface area (Å²) in [5.74, 6) is 1.25. The average Bonchev–Trinajstić information content (AvgIpc) is 3.00. The highest BCUT2D eigenvalue weighted by Crippen LogP contribution is 2.24. The molecule has 8 heteroatoms. The van der Waals surface area contributed by atoms with Crippen LogP contribution in [0.4, 0.5) is 0 Å². The van der Waals surface area contributed by atoms with Crippen LogP contribution in [0.25, 0.3) is 0 Å². The van der Waals surface area contributed by atoms with Crippen molar-refractivity contribution < 1.29 is 4.74 Å². The van der Waals surface area contributed by atoms with E-state index in [1.807, 2.05) is 60.1 Å². The molecule has 0 spiro atoms. The van der Waals surface area contributed by atoms with Crippen molar-refractivity contribution in [2.75, 3.05) is 7.05 Å². The summed E-state index contributed by atoms with van der Waals surface area (Å²) in [5, 5.41) is 7.58. The number of nitrogens with one attached hydrogen (secondary N) is 2. The van der Waals surface area contributed by atoms with Gasteiger partial charge in [-0.05, 0) is 17.7 Å². The summed E-state index contributed by atoms with van der Waals surface area (Å²) in [7, 11) is 3.59. The SMILES string of the molecule is CN=C(NCc1cccnc1OCc1ccccc1)NCc1cc(Cl)c(Cl)n1C. The number of benzene rings is 1. The van der Waals surface area contributed by atoms with Crippen molar-refractivity contribution in [1.29, 1.82) is 0 Å². The van der Waals surface area contributed by atoms with Crippen LogP contribution in [0, 0.1) is 0 Å². The van der Waals surface area contributed by atoms with E-state index in [-0.39, 0.29) is 0 Å². The molecule has 0 bridgehead atoms. The number of ether oxygens (including phenoxy) is 1. The number of halogens is 2. The second-order valence-corrected chi connectivity index (χ2v) is 7.12. The number of rotatable bonds is 7. The highest BCUT2D eigenvalue weighted by Gasteiger charge is 2.10. The van der Waals surface area contributed by atoms with E-state index in [1.165, 1.54) is 0 Å². The first-order chi connectivity index (χ1) is 14.1. The molecule has 0 aliphatic rings. The first kappa shape index (κ1) is 21.0. The summed E-state index contributed by atoms with van der Waals surface area (Å²) in [5.41, 5.74) is 2.99. The minimum Gasteiger partial charge on any atom is -0.473 e. The van der Waals surface area contributed by atoms with Crippen molar-refractivity contribution in [2.45, 2.75) is 19.7 Å². The molecule has 1 aromatic carbocycles. The van der Waals surface area contributed by atoms with Gasteiger partial charge in [-0.15, -0.1) is 0 Å². The smallest absolute Gasteiger partial charge is 0.218 e. The molecule has 2 N–H and O–H groups in total. The molecule has 6 nitrogen and oxygen atoms in total. The quantitative estimate of drug-likeness (QED) is 0.435. The maximum atomic E-state index is 6.12. The van der Waals surface area contributed by atoms with Crippen LogP contribution in [-0.2, 0) is 26.7 Å². The van der Waals surface area contributed by atoms with Gasteiger partial charge >= 0.3 is 0 Å². The number of aromatic nitrogens is 2. The molecule has 0 unspecified atom stereocenters. The lowest BCUT2D eigenvalue weighted by molar-refractivity contribution is 0.290. The zero-order valence-electron chi connectivity index (χ0n) is 16.3. The van der Waals surface area contributed by atoms with Crippen LogP contribution in [0.3, 0.4) is 0 Å². The molecule has 3 aromatic rings. The van der Waals surface area contributed by atoms with Crippen molar-refractivity contribution in [1.82, 2.24) is 20.2 Å². The van der Waals surface area contributed by atoms with E-state index in [0.717, 1.165) is 16.8 Å². The van der Waals surface area contributed by atoms with Crippen molar-refractivity contribution in [3.63, 3.8) is 0 Å². The van der Waals surface area contributed by atoms with Gasteiger partial charge in [-0.25, -0.2) is 4.98 Å². The van der Waals surface area contributed by atoms with Gasteiger partial charge in [-0.1, -0.05) is 59.6 Å². The molecule has 0 amide bonds. The summed E-state index contributed by atoms with van der Waals surface area (Å²) in [6.07, 6.45) is 1.72. The molecule has 3 rings (SSSR count). The largest absolute Gasteiger partial charge is 0.473 e. The van der Waals surface area contributed by atoms with Crippen LogP contribution >= 0.6 is 23.2 Å². The van der Waals surface area contributed by atoms with Crippen LogP contribution in [0.2, 0.25) is 10.2 Å². The fourth-order valence-electron chi connectivity index (χ4n) is 2.75. The Morgan fingerprint density at radius 3 is 2.55 bits per heavy atom. The number of nitrogens with zero attached hydrogens (tertiary/aromatic N) is 3. The minimum absolute atomic E-state index is 0.465. The van der Waals surface area contributed by atoms with E-state index in [1.54, 1.807) is 13.2 Å². The number of guanidine groups is 1. The Hall–Kier alpha value is -2.70. The monoisotopic (exact) mass is 431 g/mol. The van der Waals surface area contributed by atoms with Crippen LogP contribution in [-0.4, -0.2) is 22.6 Å². The lowest BCUT2D eigenvalue weighted by Gasteiger charge is -2.14. The minimum atomic E-state index is 0.465. The first-order valence-corrected chi connectivity index (χ1v) is 9.88. The summed E-state index contributed by atoms with van der Waals surface area (Å²) in [6.45, 7) is 1.52. The van der Waals surface area contributed by atoms with Crippen molar-refractivity contribution >= 4 is 29.2 Å². The van der Waals surface area contributed by atoms with E-state index in [0.29, 0.717) is 41.7 Å². The van der Waals surface area contributed by atoms with E-state index in [9.17, 15) is 0 Å². The molecule has 0 aliphatic heterocycles. The van der Waals surface area contributed by atoms with Gasteiger partial charge in [0.2, 0.25) is 5.88 Å². The summed E-state index contributed by atoms with van der Waals surface area (Å²) in [4.78, 5) is 8.62. The number of hydrogen-bond acceptors (Lipinski definition) is 3. The standard InChI is InChI=1S/C21H23Cl2N5O/c1-24-21(27-13-17-11-18(22)19(23)28(17)2)26-12-16-9-6-10-25-20(16)29-14-15-7-4-3-5-8-15/h3-11H,12-14H2,1-2H3,(H2,24,26,27). The van der Waals surface area contributed by atoms with E-state index < -0.39 is 0 Å². The summed E-state index contributed by atoms with van der Waals surface area (Å²) < 4.78 is 7.74. The van der Waals surface area contributed by atoms with E-state index in [4.69, 9.17) is 27.9 Å². The number of pyridine rings is 1. The van der Waals surface area contributed by atoms with Gasteiger partial charge in [0, 0.05) is 38.1 Å². The van der Waals surface area contributed by atoms with Gasteiger partial charge in [0.05, 0.1) is 11.6 Å². The Balaban J connectivity index is 1.57. The van der Waals surface area contributed by atoms with Crippen LogP contribution in [0.1, 0.15) is 16.8 Å². The lowest BCUT2D eigenvalue weighted by atomic mass is 10.2. The molecule has 0 radical (unpaired) electrons. The predicted octanol–water partition coefficient (Wildman–Crippen LogP) is 4.17. The highest BCUT2D eigenvalue weighted by molar-refractivity contribution is 6.41. The maximum absolute atomic E-state index is 6.12. The second-order valence-electron chi connectivity index (χ2n) is 6.35. The van der Waals surface area contributed by atoms with E-state index >= 15 is 0 Å². The van der Waals surface area contributed by atoms with Crippen molar-refractivity contribution in [2.24, 2.45) is 12.0 Å². The van der Waals surface area contributed by atoms with Gasteiger partial charge in [-0.3, -0.25) is 4.99 Å². The fraction of sp³-hybridized carbons (Fsp3) is 0.238. The first-order valence-electron chi connectivity index (χ1n) is 9.13. The molecule has 0 aliphatic carbocycles. The Morgan fingerprint density at radius 2 is 1.86 bits per heavy atom. The van der Waals surface area contributed by atoms with Crippen LogP contribution in [0.15, 0.2) is 59.7 Å². The van der Waals surface area contributed by atoms with Crippen molar-refractivity contribution in [3.05, 3.63) is 81.7 Å². The third-order valence-corrected chi connectivity index (χ3v) is 5.23. The molecule has 0 saturated carbocycles. The normalized spacial score (nSPS) is 11.4. The topological polar surface area (TPSA) is 63.5 Å². The third kappa shape index (κ3) is 5.65. The predicted molar refractivity (Wildman–Crippen MR) is 117 cm³/mol. The van der Waals surface area contributed by atoms with Crippen molar-refractivity contribution in [3.8, 4) is 5.88 Å². The van der Waals surface area contributed by atoms with E-state index in [2.05, 4.69) is 20.6 Å². The zero-order valence-corrected chi connectivity index (χ0v) is 17.8. The average molecular weight is 432 g/mol. The summed E-state index contributed by atoms with van der Waals surface area (Å²) >= 11 is 12.2.